The molecule has 2 fully saturated rings. The van der Waals surface area contributed by atoms with Gasteiger partial charge in [0.2, 0.25) is 0 Å². The molecule has 0 radical (unpaired) electrons. The van der Waals surface area contributed by atoms with Crippen molar-refractivity contribution < 1.29 is 9.84 Å². The highest BCUT2D eigenvalue weighted by atomic mass is 16.5. The van der Waals surface area contributed by atoms with Gasteiger partial charge in [-0.25, -0.2) is 0 Å². The van der Waals surface area contributed by atoms with Crippen molar-refractivity contribution in [3.63, 3.8) is 0 Å². The van der Waals surface area contributed by atoms with Crippen LogP contribution in [0, 0.1) is 6.92 Å². The van der Waals surface area contributed by atoms with Crippen LogP contribution in [0.4, 0.5) is 5.69 Å². The summed E-state index contributed by atoms with van der Waals surface area (Å²) in [5, 5.41) is 9.70. The molecule has 0 unspecified atom stereocenters. The smallest absolute Gasteiger partial charge is 0.119 e. The first-order valence-corrected chi connectivity index (χ1v) is 11.7. The molecule has 1 atom stereocenters. The lowest BCUT2D eigenvalue weighted by atomic mass is 9.98. The van der Waals surface area contributed by atoms with Crippen LogP contribution < -0.4 is 9.64 Å². The number of ether oxygens (including phenoxy) is 1. The molecule has 0 saturated carbocycles. The fourth-order valence-electron chi connectivity index (χ4n) is 5.28. The average Bonchev–Trinajstić information content (AvgIpc) is 2.81. The number of piperidine rings is 1. The molecule has 0 amide bonds. The molecule has 31 heavy (non-hydrogen) atoms. The molecule has 2 aromatic rings. The minimum absolute atomic E-state index is 0.249. The highest BCUT2D eigenvalue weighted by molar-refractivity contribution is 5.53. The third-order valence-electron chi connectivity index (χ3n) is 7.06. The number of benzene rings is 2. The second-order valence-corrected chi connectivity index (χ2v) is 8.99. The number of hydrogen-bond donors (Lipinski definition) is 1. The van der Waals surface area contributed by atoms with E-state index in [1.54, 1.807) is 7.11 Å². The van der Waals surface area contributed by atoms with Crippen LogP contribution in [-0.4, -0.2) is 73.4 Å². The van der Waals surface area contributed by atoms with Gasteiger partial charge in [0.25, 0.3) is 0 Å². The van der Waals surface area contributed by atoms with E-state index < -0.39 is 0 Å². The molecule has 4 rings (SSSR count). The molecule has 2 aromatic carbocycles. The van der Waals surface area contributed by atoms with Crippen LogP contribution in [0.2, 0.25) is 0 Å². The molecular weight excluding hydrogens is 386 g/mol. The molecular formula is C26H37N3O2. The SMILES string of the molecule is COc1cccc(CN2CCN(C3CCN(c4ccccc4C)CC3)C[C@H]2CCO)c1. The summed E-state index contributed by atoms with van der Waals surface area (Å²) in [7, 11) is 1.72. The lowest BCUT2D eigenvalue weighted by Gasteiger charge is -2.47. The molecule has 2 saturated heterocycles. The Hall–Kier alpha value is -2.08. The first-order valence-electron chi connectivity index (χ1n) is 11.7. The zero-order chi connectivity index (χ0) is 21.6. The van der Waals surface area contributed by atoms with Crippen molar-refractivity contribution in [1.29, 1.82) is 0 Å². The molecule has 0 spiro atoms. The van der Waals surface area contributed by atoms with Gasteiger partial charge in [-0.15, -0.1) is 0 Å². The zero-order valence-corrected chi connectivity index (χ0v) is 19.0. The Morgan fingerprint density at radius 2 is 1.81 bits per heavy atom. The van der Waals surface area contributed by atoms with Gasteiger partial charge in [0.1, 0.15) is 5.75 Å². The van der Waals surface area contributed by atoms with E-state index in [2.05, 4.69) is 64.1 Å². The first kappa shape index (κ1) is 22.1. The molecule has 0 bridgehead atoms. The Bertz CT molecular complexity index is 835. The summed E-state index contributed by atoms with van der Waals surface area (Å²) in [6, 6.07) is 18.2. The Kier molecular flexibility index (Phi) is 7.49. The summed E-state index contributed by atoms with van der Waals surface area (Å²) >= 11 is 0. The van der Waals surface area contributed by atoms with E-state index in [4.69, 9.17) is 4.74 Å². The Morgan fingerprint density at radius 3 is 2.55 bits per heavy atom. The van der Waals surface area contributed by atoms with Gasteiger partial charge in [-0.2, -0.15) is 0 Å². The van der Waals surface area contributed by atoms with Crippen LogP contribution in [0.1, 0.15) is 30.4 Å². The van der Waals surface area contributed by atoms with Crippen LogP contribution >= 0.6 is 0 Å². The Balaban J connectivity index is 1.34. The highest BCUT2D eigenvalue weighted by Gasteiger charge is 2.32. The van der Waals surface area contributed by atoms with Crippen molar-refractivity contribution in [3.05, 3.63) is 59.7 Å². The number of aliphatic hydroxyl groups excluding tert-OH is 1. The van der Waals surface area contributed by atoms with Crippen LogP contribution in [-0.2, 0) is 6.54 Å². The van der Waals surface area contributed by atoms with E-state index in [-0.39, 0.29) is 6.61 Å². The second kappa shape index (κ2) is 10.5. The van der Waals surface area contributed by atoms with Gasteiger partial charge in [-0.3, -0.25) is 9.80 Å². The number of anilines is 1. The van der Waals surface area contributed by atoms with Crippen LogP contribution in [0.5, 0.6) is 5.75 Å². The molecule has 0 aromatic heterocycles. The topological polar surface area (TPSA) is 39.2 Å². The Labute approximate surface area is 187 Å². The average molecular weight is 424 g/mol. The molecule has 2 aliphatic rings. The highest BCUT2D eigenvalue weighted by Crippen LogP contribution is 2.27. The quantitative estimate of drug-likeness (QED) is 0.738. The maximum atomic E-state index is 9.70. The maximum Gasteiger partial charge on any atom is 0.119 e. The van der Waals surface area contributed by atoms with Gasteiger partial charge in [0.15, 0.2) is 0 Å². The molecule has 0 aliphatic carbocycles. The number of nitrogens with zero attached hydrogens (tertiary/aromatic N) is 3. The molecule has 2 aliphatic heterocycles. The summed E-state index contributed by atoms with van der Waals surface area (Å²) in [6.45, 7) is 8.86. The first-order chi connectivity index (χ1) is 15.2. The summed E-state index contributed by atoms with van der Waals surface area (Å²) in [5.41, 5.74) is 4.04. The van der Waals surface area contributed by atoms with Gasteiger partial charge < -0.3 is 14.7 Å². The number of piperazine rings is 1. The van der Waals surface area contributed by atoms with E-state index in [1.165, 1.54) is 29.7 Å². The van der Waals surface area contributed by atoms with Crippen molar-refractivity contribution >= 4 is 5.69 Å². The predicted molar refractivity (Wildman–Crippen MR) is 127 cm³/mol. The van der Waals surface area contributed by atoms with Crippen LogP contribution in [0.25, 0.3) is 0 Å². The van der Waals surface area contributed by atoms with Crippen molar-refractivity contribution in [3.8, 4) is 5.75 Å². The van der Waals surface area contributed by atoms with Crippen molar-refractivity contribution in [2.24, 2.45) is 0 Å². The number of para-hydroxylation sites is 1. The van der Waals surface area contributed by atoms with Gasteiger partial charge in [0, 0.05) is 63.6 Å². The Morgan fingerprint density at radius 1 is 1.00 bits per heavy atom. The minimum Gasteiger partial charge on any atom is -0.497 e. The predicted octanol–water partition coefficient (Wildman–Crippen LogP) is 3.54. The largest absolute Gasteiger partial charge is 0.497 e. The second-order valence-electron chi connectivity index (χ2n) is 8.99. The van der Waals surface area contributed by atoms with E-state index in [0.29, 0.717) is 12.1 Å². The lowest BCUT2D eigenvalue weighted by Crippen LogP contribution is -2.57. The number of methoxy groups -OCH3 is 1. The number of rotatable bonds is 7. The minimum atomic E-state index is 0.249. The summed E-state index contributed by atoms with van der Waals surface area (Å²) in [4.78, 5) is 7.79. The third kappa shape index (κ3) is 5.40. The van der Waals surface area contributed by atoms with Crippen LogP contribution in [0.3, 0.4) is 0 Å². The molecule has 1 N–H and O–H groups in total. The number of aliphatic hydroxyl groups is 1. The molecule has 2 heterocycles. The van der Waals surface area contributed by atoms with Gasteiger partial charge >= 0.3 is 0 Å². The number of hydrogen-bond acceptors (Lipinski definition) is 5. The molecule has 168 valence electrons. The normalized spacial score (nSPS) is 21.4. The molecule has 5 nitrogen and oxygen atoms in total. The fourth-order valence-corrected chi connectivity index (χ4v) is 5.28. The van der Waals surface area contributed by atoms with Crippen molar-refractivity contribution in [1.82, 2.24) is 9.80 Å². The lowest BCUT2D eigenvalue weighted by molar-refractivity contribution is 0.0254. The van der Waals surface area contributed by atoms with Crippen LogP contribution in [0.15, 0.2) is 48.5 Å². The van der Waals surface area contributed by atoms with Gasteiger partial charge in [0.05, 0.1) is 7.11 Å². The van der Waals surface area contributed by atoms with E-state index >= 15 is 0 Å². The zero-order valence-electron chi connectivity index (χ0n) is 19.0. The van der Waals surface area contributed by atoms with Crippen molar-refractivity contribution in [2.75, 3.05) is 51.3 Å². The third-order valence-corrected chi connectivity index (χ3v) is 7.06. The fraction of sp³-hybridized carbons (Fsp3) is 0.538. The van der Waals surface area contributed by atoms with E-state index in [9.17, 15) is 5.11 Å². The summed E-state index contributed by atoms with van der Waals surface area (Å²) in [6.07, 6.45) is 3.27. The van der Waals surface area contributed by atoms with Gasteiger partial charge in [-0.05, 0) is 55.5 Å². The monoisotopic (exact) mass is 423 g/mol. The maximum absolute atomic E-state index is 9.70. The number of aryl methyl sites for hydroxylation is 1. The molecule has 5 heteroatoms. The van der Waals surface area contributed by atoms with Gasteiger partial charge in [-0.1, -0.05) is 30.3 Å². The van der Waals surface area contributed by atoms with E-state index in [1.807, 2.05) is 6.07 Å². The standard InChI is InChI=1S/C26H37N3O2/c1-21-6-3-4-9-26(21)27-13-10-23(11-14-27)29-16-15-28(24(20-29)12-17-30)19-22-7-5-8-25(18-22)31-2/h3-9,18,23-24,30H,10-17,19-20H2,1-2H3/t24-/m1/s1. The van der Waals surface area contributed by atoms with E-state index in [0.717, 1.165) is 51.4 Å². The summed E-state index contributed by atoms with van der Waals surface area (Å²) in [5.74, 6) is 0.912. The van der Waals surface area contributed by atoms with Crippen molar-refractivity contribution in [2.45, 2.75) is 44.8 Å². The summed E-state index contributed by atoms with van der Waals surface area (Å²) < 4.78 is 5.39.